The molecule has 7 rings (SSSR count). The first-order valence-corrected chi connectivity index (χ1v) is 12.0. The van der Waals surface area contributed by atoms with Gasteiger partial charge >= 0.3 is 0 Å². The van der Waals surface area contributed by atoms with E-state index in [0.717, 1.165) is 12.8 Å². The summed E-state index contributed by atoms with van der Waals surface area (Å²) in [6.45, 7) is 0. The molecule has 2 nitrogen and oxygen atoms in total. The number of rotatable bonds is 2. The van der Waals surface area contributed by atoms with E-state index in [1.54, 1.807) is 0 Å². The first kappa shape index (κ1) is 18.3. The predicted molar refractivity (Wildman–Crippen MR) is 132 cm³/mol. The average molecular weight is 417 g/mol. The van der Waals surface area contributed by atoms with E-state index in [-0.39, 0.29) is 0 Å². The molecule has 0 spiro atoms. The molecular formula is C30H28N2. The van der Waals surface area contributed by atoms with Crippen LogP contribution < -0.4 is 10.6 Å². The molecule has 2 N–H and O–H groups in total. The number of benzene rings is 3. The van der Waals surface area contributed by atoms with Gasteiger partial charge in [-0.15, -0.1) is 0 Å². The van der Waals surface area contributed by atoms with Gasteiger partial charge < -0.3 is 10.6 Å². The predicted octanol–water partition coefficient (Wildman–Crippen LogP) is 7.34. The molecule has 0 aromatic heterocycles. The highest BCUT2D eigenvalue weighted by molar-refractivity contribution is 5.71. The van der Waals surface area contributed by atoms with Crippen LogP contribution >= 0.6 is 0 Å². The lowest BCUT2D eigenvalue weighted by atomic mass is 9.73. The Balaban J connectivity index is 1.33. The Bertz CT molecular complexity index is 1110. The molecule has 0 amide bonds. The van der Waals surface area contributed by atoms with Crippen LogP contribution in [0.4, 0.5) is 11.4 Å². The summed E-state index contributed by atoms with van der Waals surface area (Å²) < 4.78 is 0. The second-order valence-electron chi connectivity index (χ2n) is 9.80. The molecule has 0 bridgehead atoms. The van der Waals surface area contributed by atoms with E-state index in [2.05, 4.69) is 108 Å². The zero-order valence-corrected chi connectivity index (χ0v) is 18.1. The van der Waals surface area contributed by atoms with Crippen LogP contribution in [-0.2, 0) is 0 Å². The average Bonchev–Trinajstić information content (AvgIpc) is 3.54. The van der Waals surface area contributed by atoms with Crippen molar-refractivity contribution in [1.82, 2.24) is 0 Å². The van der Waals surface area contributed by atoms with E-state index < -0.39 is 0 Å². The molecule has 0 saturated carbocycles. The number of allylic oxidation sites excluding steroid dienone is 4. The Kier molecular flexibility index (Phi) is 4.08. The summed E-state index contributed by atoms with van der Waals surface area (Å²) in [6.07, 6.45) is 11.9. The number of hydrogen-bond acceptors (Lipinski definition) is 2. The summed E-state index contributed by atoms with van der Waals surface area (Å²) in [5.41, 5.74) is 8.35. The molecule has 6 atom stereocenters. The fourth-order valence-electron chi connectivity index (χ4n) is 6.66. The van der Waals surface area contributed by atoms with E-state index >= 15 is 0 Å². The molecule has 3 aromatic carbocycles. The van der Waals surface area contributed by atoms with Crippen LogP contribution in [-0.4, -0.2) is 0 Å². The van der Waals surface area contributed by atoms with Gasteiger partial charge in [0.05, 0.1) is 12.1 Å². The van der Waals surface area contributed by atoms with Gasteiger partial charge in [-0.2, -0.15) is 0 Å². The summed E-state index contributed by atoms with van der Waals surface area (Å²) >= 11 is 0. The molecule has 0 saturated heterocycles. The Morgan fingerprint density at radius 2 is 1.00 bits per heavy atom. The van der Waals surface area contributed by atoms with Gasteiger partial charge in [-0.3, -0.25) is 0 Å². The van der Waals surface area contributed by atoms with Crippen molar-refractivity contribution < 1.29 is 0 Å². The fourth-order valence-corrected chi connectivity index (χ4v) is 6.66. The van der Waals surface area contributed by atoms with Gasteiger partial charge in [-0.1, -0.05) is 85.0 Å². The lowest BCUT2D eigenvalue weighted by Crippen LogP contribution is -2.32. The molecule has 0 fully saturated rings. The molecule has 3 aromatic rings. The monoisotopic (exact) mass is 416 g/mol. The highest BCUT2D eigenvalue weighted by Gasteiger charge is 2.42. The molecule has 2 heteroatoms. The van der Waals surface area contributed by atoms with Crippen LogP contribution in [0.25, 0.3) is 0 Å². The molecule has 0 radical (unpaired) electrons. The highest BCUT2D eigenvalue weighted by atomic mass is 15.0. The summed E-state index contributed by atoms with van der Waals surface area (Å²) in [7, 11) is 0. The minimum atomic E-state index is 0.366. The van der Waals surface area contributed by atoms with Crippen molar-refractivity contribution in [3.63, 3.8) is 0 Å². The normalized spacial score (nSPS) is 31.1. The Morgan fingerprint density at radius 1 is 0.562 bits per heavy atom. The Hall–Kier alpha value is -3.26. The van der Waals surface area contributed by atoms with E-state index in [4.69, 9.17) is 0 Å². The van der Waals surface area contributed by atoms with Gasteiger partial charge in [0.15, 0.2) is 0 Å². The summed E-state index contributed by atoms with van der Waals surface area (Å²) in [4.78, 5) is 0. The zero-order valence-electron chi connectivity index (χ0n) is 18.1. The van der Waals surface area contributed by atoms with Crippen LogP contribution in [0.5, 0.6) is 0 Å². The van der Waals surface area contributed by atoms with E-state index in [1.807, 2.05) is 0 Å². The molecule has 2 aliphatic heterocycles. The SMILES string of the molecule is C1=C[C@@H]2c3cc4c(cc3N[C@H](c3ccccc3)[C@@H]2C1)[C@H]1C=CC[C@H]1[C@@H](c1ccccc1)N4. The molecule has 32 heavy (non-hydrogen) atoms. The summed E-state index contributed by atoms with van der Waals surface area (Å²) in [5, 5.41) is 7.93. The van der Waals surface area contributed by atoms with Crippen LogP contribution in [0.1, 0.15) is 59.0 Å². The minimum Gasteiger partial charge on any atom is -0.378 e. The largest absolute Gasteiger partial charge is 0.378 e. The molecule has 0 unspecified atom stereocenters. The third kappa shape index (κ3) is 2.72. The van der Waals surface area contributed by atoms with Crippen LogP contribution in [0, 0.1) is 11.8 Å². The minimum absolute atomic E-state index is 0.366. The lowest BCUT2D eigenvalue weighted by molar-refractivity contribution is 0.417. The molecule has 2 heterocycles. The molecule has 158 valence electrons. The maximum Gasteiger partial charge on any atom is 0.0553 e. The second kappa shape index (κ2) is 7.13. The van der Waals surface area contributed by atoms with E-state index in [0.29, 0.717) is 35.8 Å². The number of fused-ring (bicyclic) bond motifs is 6. The maximum atomic E-state index is 3.97. The second-order valence-corrected chi connectivity index (χ2v) is 9.80. The number of hydrogen-bond donors (Lipinski definition) is 2. The standard InChI is InChI=1S/C30H28N2/c1-3-9-19(10-4-1)29-23-15-7-13-21(23)25-18-28-26(17-27(25)31-29)22-14-8-16-24(22)30(32-28)20-11-5-2-6-12-20/h1-14,17-18,21-24,29-32H,15-16H2/t21-,22-,23+,24+,29+,30+/m0/s1. The maximum absolute atomic E-state index is 3.97. The summed E-state index contributed by atoms with van der Waals surface area (Å²) in [6, 6.07) is 27.6. The quantitative estimate of drug-likeness (QED) is 0.427. The highest BCUT2D eigenvalue weighted by Crippen LogP contribution is 2.55. The van der Waals surface area contributed by atoms with Gasteiger partial charge in [0.25, 0.3) is 0 Å². The van der Waals surface area contributed by atoms with Gasteiger partial charge in [0, 0.05) is 23.2 Å². The topological polar surface area (TPSA) is 24.1 Å². The fraction of sp³-hybridized carbons (Fsp3) is 0.267. The van der Waals surface area contributed by atoms with Crippen molar-refractivity contribution >= 4 is 11.4 Å². The van der Waals surface area contributed by atoms with Gasteiger partial charge in [0.2, 0.25) is 0 Å². The third-order valence-electron chi connectivity index (χ3n) is 8.16. The zero-order chi connectivity index (χ0) is 21.1. The van der Waals surface area contributed by atoms with Crippen molar-refractivity contribution in [1.29, 1.82) is 0 Å². The first-order valence-electron chi connectivity index (χ1n) is 12.0. The van der Waals surface area contributed by atoms with Gasteiger partial charge in [-0.25, -0.2) is 0 Å². The lowest BCUT2D eigenvalue weighted by Gasteiger charge is -2.41. The van der Waals surface area contributed by atoms with E-state index in [9.17, 15) is 0 Å². The Labute approximate surface area is 190 Å². The van der Waals surface area contributed by atoms with Crippen molar-refractivity contribution in [2.75, 3.05) is 10.6 Å². The van der Waals surface area contributed by atoms with Crippen molar-refractivity contribution in [3.05, 3.63) is 119 Å². The van der Waals surface area contributed by atoms with Crippen molar-refractivity contribution in [2.45, 2.75) is 36.8 Å². The van der Waals surface area contributed by atoms with Crippen LogP contribution in [0.15, 0.2) is 97.1 Å². The van der Waals surface area contributed by atoms with Crippen molar-refractivity contribution in [3.8, 4) is 0 Å². The number of anilines is 2. The van der Waals surface area contributed by atoms with E-state index in [1.165, 1.54) is 33.6 Å². The smallest absolute Gasteiger partial charge is 0.0553 e. The molecule has 2 aliphatic carbocycles. The summed E-state index contributed by atoms with van der Waals surface area (Å²) in [5.74, 6) is 2.12. The first-order chi connectivity index (χ1) is 15.9. The number of nitrogens with one attached hydrogen (secondary N) is 2. The molecule has 4 aliphatic rings. The van der Waals surface area contributed by atoms with Crippen LogP contribution in [0.3, 0.4) is 0 Å². The van der Waals surface area contributed by atoms with Gasteiger partial charge in [-0.05, 0) is 59.1 Å². The van der Waals surface area contributed by atoms with Crippen LogP contribution in [0.2, 0.25) is 0 Å². The van der Waals surface area contributed by atoms with Crippen molar-refractivity contribution in [2.24, 2.45) is 11.8 Å². The molecular weight excluding hydrogens is 388 g/mol. The van der Waals surface area contributed by atoms with Gasteiger partial charge in [0.1, 0.15) is 0 Å². The Morgan fingerprint density at radius 3 is 1.44 bits per heavy atom. The third-order valence-corrected chi connectivity index (χ3v) is 8.16.